The predicted octanol–water partition coefficient (Wildman–Crippen LogP) is 5.07. The van der Waals surface area contributed by atoms with Crippen molar-refractivity contribution in [2.24, 2.45) is 0 Å². The van der Waals surface area contributed by atoms with E-state index in [0.717, 1.165) is 22.6 Å². The second-order valence-corrected chi connectivity index (χ2v) is 5.91. The van der Waals surface area contributed by atoms with E-state index in [9.17, 15) is 13.6 Å². The molecule has 0 aliphatic rings. The molecular formula is C20H17F2NO3. The van der Waals surface area contributed by atoms with Crippen LogP contribution < -0.4 is 10.1 Å². The molecule has 0 saturated heterocycles. The molecule has 3 aromatic rings. The molecule has 26 heavy (non-hydrogen) atoms. The molecule has 1 heterocycles. The molecule has 3 rings (SSSR count). The first-order valence-corrected chi connectivity index (χ1v) is 7.89. The van der Waals surface area contributed by atoms with Crippen LogP contribution in [-0.4, -0.2) is 13.0 Å². The number of amides is 1. The summed E-state index contributed by atoms with van der Waals surface area (Å²) in [7, 11) is 1.53. The number of nitrogens with one attached hydrogen (secondary N) is 1. The van der Waals surface area contributed by atoms with E-state index in [-0.39, 0.29) is 5.69 Å². The number of furan rings is 1. The number of ether oxygens (including phenoxy) is 1. The van der Waals surface area contributed by atoms with Gasteiger partial charge in [0.1, 0.15) is 23.0 Å². The van der Waals surface area contributed by atoms with Crippen LogP contribution in [0.25, 0.3) is 16.5 Å². The molecule has 6 heteroatoms. The zero-order valence-corrected chi connectivity index (χ0v) is 14.5. The first-order valence-electron chi connectivity index (χ1n) is 7.89. The third kappa shape index (κ3) is 3.44. The first kappa shape index (κ1) is 17.7. The summed E-state index contributed by atoms with van der Waals surface area (Å²) in [5, 5.41) is 3.32. The lowest BCUT2D eigenvalue weighted by molar-refractivity contribution is -0.111. The van der Waals surface area contributed by atoms with E-state index in [0.29, 0.717) is 23.0 Å². The maximum atomic E-state index is 13.7. The van der Waals surface area contributed by atoms with E-state index in [1.54, 1.807) is 19.3 Å². The van der Waals surface area contributed by atoms with E-state index in [1.165, 1.54) is 19.3 Å². The minimum atomic E-state index is -0.836. The summed E-state index contributed by atoms with van der Waals surface area (Å²) < 4.78 is 37.5. The zero-order valence-electron chi connectivity index (χ0n) is 14.5. The van der Waals surface area contributed by atoms with Gasteiger partial charge in [-0.2, -0.15) is 0 Å². The van der Waals surface area contributed by atoms with Crippen molar-refractivity contribution >= 4 is 28.1 Å². The molecule has 0 radical (unpaired) electrons. The number of carbonyl (C=O) groups is 1. The van der Waals surface area contributed by atoms with Crippen molar-refractivity contribution in [2.45, 2.75) is 13.8 Å². The molecule has 1 aromatic heterocycles. The number of hydrogen-bond acceptors (Lipinski definition) is 3. The molecule has 0 fully saturated rings. The second-order valence-electron chi connectivity index (χ2n) is 5.91. The summed E-state index contributed by atoms with van der Waals surface area (Å²) in [6.45, 7) is 3.67. The van der Waals surface area contributed by atoms with Crippen LogP contribution in [0, 0.1) is 18.6 Å². The van der Waals surface area contributed by atoms with Gasteiger partial charge in [0.25, 0.3) is 0 Å². The van der Waals surface area contributed by atoms with Crippen LogP contribution in [0.5, 0.6) is 5.75 Å². The van der Waals surface area contributed by atoms with Crippen LogP contribution >= 0.6 is 0 Å². The van der Waals surface area contributed by atoms with Gasteiger partial charge < -0.3 is 14.5 Å². The fourth-order valence-corrected chi connectivity index (χ4v) is 2.69. The highest BCUT2D eigenvalue weighted by atomic mass is 19.1. The Labute approximate surface area is 149 Å². The molecule has 0 bridgehead atoms. The lowest BCUT2D eigenvalue weighted by Gasteiger charge is -2.10. The normalized spacial score (nSPS) is 11.7. The van der Waals surface area contributed by atoms with Gasteiger partial charge in [-0.25, -0.2) is 8.78 Å². The number of halogens is 2. The van der Waals surface area contributed by atoms with Crippen molar-refractivity contribution in [3.05, 3.63) is 65.4 Å². The van der Waals surface area contributed by atoms with Crippen LogP contribution in [-0.2, 0) is 4.79 Å². The Kier molecular flexibility index (Phi) is 4.75. The van der Waals surface area contributed by atoms with Crippen molar-refractivity contribution < 1.29 is 22.7 Å². The number of aryl methyl sites for hydroxylation is 1. The molecular weight excluding hydrogens is 340 g/mol. The van der Waals surface area contributed by atoms with Crippen LogP contribution in [0.3, 0.4) is 0 Å². The Morgan fingerprint density at radius 2 is 2.00 bits per heavy atom. The summed E-state index contributed by atoms with van der Waals surface area (Å²) in [5.74, 6) is -1.52. The minimum absolute atomic E-state index is 0.0893. The Hall–Kier alpha value is -3.15. The Balaban J connectivity index is 1.92. The quantitative estimate of drug-likeness (QED) is 0.663. The fraction of sp³-hybridized carbons (Fsp3) is 0.150. The van der Waals surface area contributed by atoms with Gasteiger partial charge in [-0.3, -0.25) is 4.79 Å². The fourth-order valence-electron chi connectivity index (χ4n) is 2.69. The molecule has 0 unspecified atom stereocenters. The molecule has 0 aliphatic carbocycles. The average Bonchev–Trinajstić information content (AvgIpc) is 2.96. The van der Waals surface area contributed by atoms with Gasteiger partial charge in [0.15, 0.2) is 0 Å². The monoisotopic (exact) mass is 357 g/mol. The highest BCUT2D eigenvalue weighted by Crippen LogP contribution is 2.33. The van der Waals surface area contributed by atoms with Gasteiger partial charge in [0.05, 0.1) is 19.1 Å². The van der Waals surface area contributed by atoms with Gasteiger partial charge in [-0.05, 0) is 43.2 Å². The van der Waals surface area contributed by atoms with Gasteiger partial charge in [0.2, 0.25) is 5.91 Å². The molecule has 0 aliphatic heterocycles. The van der Waals surface area contributed by atoms with Crippen molar-refractivity contribution in [2.75, 3.05) is 12.4 Å². The number of rotatable bonds is 4. The van der Waals surface area contributed by atoms with Gasteiger partial charge in [-0.1, -0.05) is 0 Å². The molecule has 2 aromatic carbocycles. The molecule has 4 nitrogen and oxygen atoms in total. The lowest BCUT2D eigenvalue weighted by Crippen LogP contribution is -2.10. The Morgan fingerprint density at radius 3 is 2.69 bits per heavy atom. The molecule has 0 spiro atoms. The Bertz CT molecular complexity index is 1020. The maximum absolute atomic E-state index is 13.7. The zero-order chi connectivity index (χ0) is 18.8. The van der Waals surface area contributed by atoms with Crippen molar-refractivity contribution in [1.29, 1.82) is 0 Å². The van der Waals surface area contributed by atoms with E-state index < -0.39 is 17.5 Å². The molecule has 0 saturated carbocycles. The van der Waals surface area contributed by atoms with Crippen molar-refractivity contribution in [3.63, 3.8) is 0 Å². The second kappa shape index (κ2) is 7.00. The van der Waals surface area contributed by atoms with Crippen LogP contribution in [0.1, 0.15) is 18.1 Å². The predicted molar refractivity (Wildman–Crippen MR) is 96.1 cm³/mol. The molecule has 1 amide bonds. The third-order valence-electron chi connectivity index (χ3n) is 4.05. The number of hydrogen-bond donors (Lipinski definition) is 1. The van der Waals surface area contributed by atoms with Crippen LogP contribution in [0.15, 0.2) is 47.1 Å². The summed E-state index contributed by atoms with van der Waals surface area (Å²) in [5.41, 5.74) is 2.92. The topological polar surface area (TPSA) is 51.5 Å². The highest BCUT2D eigenvalue weighted by Gasteiger charge is 2.13. The number of carbonyl (C=O) groups excluding carboxylic acids is 1. The van der Waals surface area contributed by atoms with E-state index in [1.807, 2.05) is 13.0 Å². The molecule has 1 N–H and O–H groups in total. The average molecular weight is 357 g/mol. The van der Waals surface area contributed by atoms with E-state index in [4.69, 9.17) is 9.15 Å². The number of methoxy groups -OCH3 is 1. The number of fused-ring (bicyclic) bond motifs is 1. The number of allylic oxidation sites excluding steroid dienone is 1. The minimum Gasteiger partial charge on any atom is -0.496 e. The smallest absolute Gasteiger partial charge is 0.248 e. The van der Waals surface area contributed by atoms with Crippen LogP contribution in [0.2, 0.25) is 0 Å². The van der Waals surface area contributed by atoms with Gasteiger partial charge >= 0.3 is 0 Å². The SMILES string of the molecule is COc1cc2occ(C)c2cc1/C(C)=C/C(=O)Nc1ccc(F)cc1F. The number of anilines is 1. The third-order valence-corrected chi connectivity index (χ3v) is 4.05. The largest absolute Gasteiger partial charge is 0.496 e. The summed E-state index contributed by atoms with van der Waals surface area (Å²) in [4.78, 5) is 12.2. The van der Waals surface area contributed by atoms with Crippen LogP contribution in [0.4, 0.5) is 14.5 Å². The molecule has 134 valence electrons. The Morgan fingerprint density at radius 1 is 1.23 bits per heavy atom. The first-order chi connectivity index (χ1) is 12.4. The van der Waals surface area contributed by atoms with Crippen molar-refractivity contribution in [1.82, 2.24) is 0 Å². The highest BCUT2D eigenvalue weighted by molar-refractivity contribution is 6.04. The van der Waals surface area contributed by atoms with Gasteiger partial charge in [0, 0.05) is 29.2 Å². The summed E-state index contributed by atoms with van der Waals surface area (Å²) in [6, 6.07) is 6.60. The number of benzene rings is 2. The van der Waals surface area contributed by atoms with E-state index in [2.05, 4.69) is 5.32 Å². The van der Waals surface area contributed by atoms with E-state index >= 15 is 0 Å². The standard InChI is InChI=1S/C20H17F2NO3/c1-11(6-20(24)23-17-5-4-13(21)7-16(17)22)14-8-15-12(2)10-26-19(15)9-18(14)25-3/h4-10H,1-3H3,(H,23,24)/b11-6+. The lowest BCUT2D eigenvalue weighted by atomic mass is 10.0. The summed E-state index contributed by atoms with van der Waals surface area (Å²) >= 11 is 0. The summed E-state index contributed by atoms with van der Waals surface area (Å²) in [6.07, 6.45) is 2.98. The van der Waals surface area contributed by atoms with Crippen molar-refractivity contribution in [3.8, 4) is 5.75 Å². The molecule has 0 atom stereocenters. The van der Waals surface area contributed by atoms with Gasteiger partial charge in [-0.15, -0.1) is 0 Å². The maximum Gasteiger partial charge on any atom is 0.248 e.